The zero-order valence-corrected chi connectivity index (χ0v) is 11.3. The van der Waals surface area contributed by atoms with E-state index in [9.17, 15) is 9.59 Å². The van der Waals surface area contributed by atoms with Crippen molar-refractivity contribution in [3.8, 4) is 0 Å². The summed E-state index contributed by atoms with van der Waals surface area (Å²) < 4.78 is 4.86. The van der Waals surface area contributed by atoms with Crippen LogP contribution in [0.3, 0.4) is 0 Å². The van der Waals surface area contributed by atoms with Gasteiger partial charge in [-0.15, -0.1) is 11.3 Å². The number of thiazole rings is 1. The number of carbonyl (C=O) groups excluding carboxylic acids is 2. The van der Waals surface area contributed by atoms with E-state index in [1.807, 2.05) is 6.92 Å². The number of anilines is 1. The Labute approximate surface area is 110 Å². The van der Waals surface area contributed by atoms with Crippen LogP contribution in [-0.2, 0) is 9.53 Å². The molecule has 0 saturated carbocycles. The Kier molecular flexibility index (Phi) is 6.13. The molecule has 0 aliphatic heterocycles. The predicted octanol–water partition coefficient (Wildman–Crippen LogP) is 1.26. The minimum Gasteiger partial charge on any atom is -0.461 e. The van der Waals surface area contributed by atoms with E-state index in [4.69, 9.17) is 4.74 Å². The van der Waals surface area contributed by atoms with Crippen LogP contribution in [0.1, 0.15) is 30.8 Å². The highest BCUT2D eigenvalue weighted by Gasteiger charge is 2.16. The second-order valence-corrected chi connectivity index (χ2v) is 4.31. The van der Waals surface area contributed by atoms with E-state index >= 15 is 0 Å². The van der Waals surface area contributed by atoms with Crippen LogP contribution in [0.4, 0.5) is 5.00 Å². The number of aromatic nitrogens is 1. The largest absolute Gasteiger partial charge is 0.461 e. The molecule has 0 aliphatic carbocycles. The molecule has 1 aromatic rings. The van der Waals surface area contributed by atoms with Gasteiger partial charge >= 0.3 is 5.97 Å². The van der Waals surface area contributed by atoms with E-state index in [-0.39, 0.29) is 18.1 Å². The molecule has 0 spiro atoms. The highest BCUT2D eigenvalue weighted by molar-refractivity contribution is 7.14. The third kappa shape index (κ3) is 4.33. The van der Waals surface area contributed by atoms with Crippen LogP contribution in [0, 0.1) is 0 Å². The summed E-state index contributed by atoms with van der Waals surface area (Å²) in [5.41, 5.74) is 1.77. The fourth-order valence-corrected chi connectivity index (χ4v) is 1.87. The second kappa shape index (κ2) is 7.65. The second-order valence-electron chi connectivity index (χ2n) is 3.45. The van der Waals surface area contributed by atoms with Gasteiger partial charge in [0.1, 0.15) is 5.00 Å². The van der Waals surface area contributed by atoms with Gasteiger partial charge in [-0.25, -0.2) is 9.78 Å². The van der Waals surface area contributed by atoms with Crippen molar-refractivity contribution in [3.05, 3.63) is 11.2 Å². The maximum Gasteiger partial charge on any atom is 0.360 e. The first-order chi connectivity index (χ1) is 8.69. The van der Waals surface area contributed by atoms with E-state index in [1.165, 1.54) is 11.3 Å². The summed E-state index contributed by atoms with van der Waals surface area (Å²) in [5, 5.41) is 6.18. The number of ether oxygens (including phenoxy) is 1. The molecular weight excluding hydrogens is 254 g/mol. The number of nitrogens with one attached hydrogen (secondary N) is 2. The van der Waals surface area contributed by atoms with Crippen molar-refractivity contribution in [2.75, 3.05) is 25.0 Å². The van der Waals surface area contributed by atoms with Gasteiger partial charge in [0.2, 0.25) is 5.91 Å². The molecule has 1 amide bonds. The molecule has 1 heterocycles. The standard InChI is InChI=1S/C11H17N3O3S/c1-3-5-12-8(15)6-13-10-9(14-7-18-10)11(16)17-4-2/h7,13H,3-6H2,1-2H3,(H,12,15). The summed E-state index contributed by atoms with van der Waals surface area (Å²) in [6.45, 7) is 4.78. The van der Waals surface area contributed by atoms with Crippen LogP contribution < -0.4 is 10.6 Å². The molecule has 1 rings (SSSR count). The Balaban J connectivity index is 2.50. The minimum atomic E-state index is -0.477. The maximum atomic E-state index is 11.5. The molecule has 7 heteroatoms. The fourth-order valence-electron chi connectivity index (χ4n) is 1.20. The van der Waals surface area contributed by atoms with E-state index < -0.39 is 5.97 Å². The lowest BCUT2D eigenvalue weighted by Crippen LogP contribution is -2.30. The third-order valence-corrected chi connectivity index (χ3v) is 2.80. The average Bonchev–Trinajstić information content (AvgIpc) is 2.82. The zero-order chi connectivity index (χ0) is 13.4. The van der Waals surface area contributed by atoms with Crippen LogP contribution in [0.15, 0.2) is 5.51 Å². The molecule has 0 saturated heterocycles. The molecular formula is C11H17N3O3S. The van der Waals surface area contributed by atoms with Crippen LogP contribution in [0.25, 0.3) is 0 Å². The Bertz CT molecular complexity index is 406. The molecule has 6 nitrogen and oxygen atoms in total. The Morgan fingerprint density at radius 1 is 1.44 bits per heavy atom. The summed E-state index contributed by atoms with van der Waals surface area (Å²) >= 11 is 1.27. The van der Waals surface area contributed by atoms with Gasteiger partial charge in [0.05, 0.1) is 18.7 Å². The van der Waals surface area contributed by atoms with Crippen molar-refractivity contribution < 1.29 is 14.3 Å². The molecule has 0 radical (unpaired) electrons. The van der Waals surface area contributed by atoms with E-state index in [2.05, 4.69) is 15.6 Å². The van der Waals surface area contributed by atoms with E-state index in [0.29, 0.717) is 18.2 Å². The molecule has 1 aromatic heterocycles. The number of carbonyl (C=O) groups is 2. The maximum absolute atomic E-state index is 11.5. The Morgan fingerprint density at radius 3 is 2.89 bits per heavy atom. The summed E-state index contributed by atoms with van der Waals surface area (Å²) in [6.07, 6.45) is 0.889. The Hall–Kier alpha value is -1.63. The number of hydrogen-bond acceptors (Lipinski definition) is 6. The Morgan fingerprint density at radius 2 is 2.22 bits per heavy atom. The smallest absolute Gasteiger partial charge is 0.360 e. The van der Waals surface area contributed by atoms with Gasteiger partial charge in [-0.3, -0.25) is 4.79 Å². The molecule has 0 unspecified atom stereocenters. The summed E-state index contributed by atoms with van der Waals surface area (Å²) in [5.74, 6) is -0.588. The predicted molar refractivity (Wildman–Crippen MR) is 69.9 cm³/mol. The van der Waals surface area contributed by atoms with Crippen LogP contribution in [-0.4, -0.2) is 36.6 Å². The molecule has 2 N–H and O–H groups in total. The third-order valence-electron chi connectivity index (χ3n) is 2.02. The van der Waals surface area contributed by atoms with Crippen molar-refractivity contribution in [3.63, 3.8) is 0 Å². The van der Waals surface area contributed by atoms with Gasteiger partial charge < -0.3 is 15.4 Å². The first-order valence-electron chi connectivity index (χ1n) is 5.80. The summed E-state index contributed by atoms with van der Waals surface area (Å²) in [6, 6.07) is 0. The van der Waals surface area contributed by atoms with Gasteiger partial charge in [0.25, 0.3) is 0 Å². The van der Waals surface area contributed by atoms with Crippen molar-refractivity contribution in [2.24, 2.45) is 0 Å². The summed E-state index contributed by atoms with van der Waals surface area (Å²) in [7, 11) is 0. The van der Waals surface area contributed by atoms with Crippen LogP contribution in [0.2, 0.25) is 0 Å². The number of esters is 1. The molecule has 100 valence electrons. The molecule has 0 fully saturated rings. The number of rotatable bonds is 7. The molecule has 0 aromatic carbocycles. The first-order valence-corrected chi connectivity index (χ1v) is 6.68. The number of nitrogens with zero attached hydrogens (tertiary/aromatic N) is 1. The van der Waals surface area contributed by atoms with Crippen LogP contribution in [0.5, 0.6) is 0 Å². The molecule has 0 bridgehead atoms. The summed E-state index contributed by atoms with van der Waals surface area (Å²) in [4.78, 5) is 26.8. The monoisotopic (exact) mass is 271 g/mol. The normalized spacial score (nSPS) is 9.89. The highest BCUT2D eigenvalue weighted by atomic mass is 32.1. The van der Waals surface area contributed by atoms with Crippen LogP contribution >= 0.6 is 11.3 Å². The SMILES string of the molecule is CCCNC(=O)CNc1scnc1C(=O)OCC. The fraction of sp³-hybridized carbons (Fsp3) is 0.545. The highest BCUT2D eigenvalue weighted by Crippen LogP contribution is 2.20. The van der Waals surface area contributed by atoms with Crippen molar-refractivity contribution in [2.45, 2.75) is 20.3 Å². The topological polar surface area (TPSA) is 80.3 Å². The minimum absolute atomic E-state index is 0.111. The van der Waals surface area contributed by atoms with Crippen molar-refractivity contribution in [1.29, 1.82) is 0 Å². The zero-order valence-electron chi connectivity index (χ0n) is 10.5. The number of amides is 1. The molecule has 0 atom stereocenters. The first kappa shape index (κ1) is 14.4. The van der Waals surface area contributed by atoms with Gasteiger partial charge in [-0.2, -0.15) is 0 Å². The number of hydrogen-bond donors (Lipinski definition) is 2. The van der Waals surface area contributed by atoms with Crippen molar-refractivity contribution in [1.82, 2.24) is 10.3 Å². The average molecular weight is 271 g/mol. The lowest BCUT2D eigenvalue weighted by Gasteiger charge is -2.06. The lowest BCUT2D eigenvalue weighted by atomic mass is 10.4. The van der Waals surface area contributed by atoms with E-state index in [0.717, 1.165) is 6.42 Å². The molecule has 18 heavy (non-hydrogen) atoms. The lowest BCUT2D eigenvalue weighted by molar-refractivity contribution is -0.119. The van der Waals surface area contributed by atoms with Gasteiger partial charge in [0, 0.05) is 6.54 Å². The van der Waals surface area contributed by atoms with E-state index in [1.54, 1.807) is 12.4 Å². The van der Waals surface area contributed by atoms with Crippen molar-refractivity contribution >= 4 is 28.2 Å². The molecule has 0 aliphatic rings. The van der Waals surface area contributed by atoms with Gasteiger partial charge in [0.15, 0.2) is 5.69 Å². The van der Waals surface area contributed by atoms with Gasteiger partial charge in [-0.1, -0.05) is 6.92 Å². The quantitative estimate of drug-likeness (QED) is 0.730. The van der Waals surface area contributed by atoms with Gasteiger partial charge in [-0.05, 0) is 13.3 Å².